The molecular weight excluding hydrogens is 542 g/mol. The average molecular weight is 566 g/mol. The Bertz CT molecular complexity index is 771. The SMILES string of the molecule is CN=C(NCCNC(=O)c1ccccc1Cl)N(C)Cc1ccc(Br)cc1.I. The third-order valence-corrected chi connectivity index (χ3v) is 4.58. The van der Waals surface area contributed by atoms with E-state index in [0.717, 1.165) is 17.0 Å². The van der Waals surface area contributed by atoms with Crippen molar-refractivity contribution < 1.29 is 4.79 Å². The number of nitrogens with one attached hydrogen (secondary N) is 2. The zero-order valence-electron chi connectivity index (χ0n) is 15.2. The lowest BCUT2D eigenvalue weighted by molar-refractivity contribution is 0.0954. The van der Waals surface area contributed by atoms with Crippen molar-refractivity contribution in [1.29, 1.82) is 0 Å². The minimum Gasteiger partial charge on any atom is -0.354 e. The summed E-state index contributed by atoms with van der Waals surface area (Å²) in [6, 6.07) is 15.2. The Hall–Kier alpha value is -1.32. The van der Waals surface area contributed by atoms with Crippen molar-refractivity contribution in [2.45, 2.75) is 6.54 Å². The quantitative estimate of drug-likeness (QED) is 0.240. The lowest BCUT2D eigenvalue weighted by Crippen LogP contribution is -2.42. The fraction of sp³-hybridized carbons (Fsp3) is 0.263. The highest BCUT2D eigenvalue weighted by Crippen LogP contribution is 2.14. The highest BCUT2D eigenvalue weighted by atomic mass is 127. The molecule has 0 saturated heterocycles. The number of benzene rings is 2. The zero-order valence-corrected chi connectivity index (χ0v) is 19.9. The van der Waals surface area contributed by atoms with Gasteiger partial charge >= 0.3 is 0 Å². The predicted molar refractivity (Wildman–Crippen MR) is 126 cm³/mol. The van der Waals surface area contributed by atoms with Crippen LogP contribution in [0.25, 0.3) is 0 Å². The summed E-state index contributed by atoms with van der Waals surface area (Å²) in [4.78, 5) is 18.4. The Morgan fingerprint density at radius 3 is 2.37 bits per heavy atom. The van der Waals surface area contributed by atoms with E-state index in [4.69, 9.17) is 11.6 Å². The van der Waals surface area contributed by atoms with E-state index < -0.39 is 0 Å². The summed E-state index contributed by atoms with van der Waals surface area (Å²) in [5.41, 5.74) is 1.66. The molecule has 0 aromatic heterocycles. The van der Waals surface area contributed by atoms with Crippen LogP contribution in [0.15, 0.2) is 58.0 Å². The second-order valence-corrected chi connectivity index (χ2v) is 7.02. The van der Waals surface area contributed by atoms with Crippen LogP contribution in [-0.2, 0) is 6.54 Å². The molecule has 0 aliphatic heterocycles. The van der Waals surface area contributed by atoms with Gasteiger partial charge in [-0.25, -0.2) is 0 Å². The van der Waals surface area contributed by atoms with Crippen LogP contribution in [-0.4, -0.2) is 44.0 Å². The van der Waals surface area contributed by atoms with Crippen LogP contribution in [0.5, 0.6) is 0 Å². The molecule has 0 fully saturated rings. The van der Waals surface area contributed by atoms with Gasteiger partial charge in [0.2, 0.25) is 0 Å². The molecule has 146 valence electrons. The molecule has 0 bridgehead atoms. The van der Waals surface area contributed by atoms with Gasteiger partial charge in [0.1, 0.15) is 0 Å². The Labute approximate surface area is 190 Å². The molecule has 1 amide bonds. The van der Waals surface area contributed by atoms with E-state index in [0.29, 0.717) is 23.7 Å². The summed E-state index contributed by atoms with van der Waals surface area (Å²) >= 11 is 9.46. The Kier molecular flexibility index (Phi) is 10.7. The highest BCUT2D eigenvalue weighted by molar-refractivity contribution is 14.0. The number of amides is 1. The lowest BCUT2D eigenvalue weighted by Gasteiger charge is -2.22. The molecule has 0 radical (unpaired) electrons. The minimum absolute atomic E-state index is 0. The Balaban J connectivity index is 0.00000364. The van der Waals surface area contributed by atoms with Crippen molar-refractivity contribution >= 4 is 63.4 Å². The number of nitrogens with zero attached hydrogens (tertiary/aromatic N) is 2. The number of hydrogen-bond donors (Lipinski definition) is 2. The van der Waals surface area contributed by atoms with Gasteiger partial charge in [-0.1, -0.05) is 51.8 Å². The number of hydrogen-bond acceptors (Lipinski definition) is 2. The van der Waals surface area contributed by atoms with Crippen LogP contribution in [0.4, 0.5) is 0 Å². The summed E-state index contributed by atoms with van der Waals surface area (Å²) in [7, 11) is 3.71. The molecule has 0 saturated carbocycles. The van der Waals surface area contributed by atoms with Crippen LogP contribution in [0.3, 0.4) is 0 Å². The molecule has 2 aromatic carbocycles. The van der Waals surface area contributed by atoms with Crippen molar-refractivity contribution in [3.8, 4) is 0 Å². The standard InChI is InChI=1S/C19H22BrClN4O.HI/c1-22-19(25(2)13-14-7-9-15(20)10-8-14)24-12-11-23-18(26)16-5-3-4-6-17(16)21;/h3-10H,11-13H2,1-2H3,(H,22,24)(H,23,26);1H. The van der Waals surface area contributed by atoms with Gasteiger partial charge in [-0.3, -0.25) is 9.79 Å². The van der Waals surface area contributed by atoms with E-state index in [1.54, 1.807) is 31.3 Å². The first-order valence-corrected chi connectivity index (χ1v) is 9.37. The number of carbonyl (C=O) groups is 1. The lowest BCUT2D eigenvalue weighted by atomic mass is 10.2. The second-order valence-electron chi connectivity index (χ2n) is 5.69. The van der Waals surface area contributed by atoms with Gasteiger partial charge in [-0.2, -0.15) is 0 Å². The smallest absolute Gasteiger partial charge is 0.252 e. The number of carbonyl (C=O) groups excluding carboxylic acids is 1. The second kappa shape index (κ2) is 12.2. The van der Waals surface area contributed by atoms with Gasteiger partial charge in [0.15, 0.2) is 5.96 Å². The third kappa shape index (κ3) is 7.67. The summed E-state index contributed by atoms with van der Waals surface area (Å²) < 4.78 is 1.06. The van der Waals surface area contributed by atoms with E-state index in [1.807, 2.05) is 24.1 Å². The van der Waals surface area contributed by atoms with Crippen molar-refractivity contribution in [1.82, 2.24) is 15.5 Å². The monoisotopic (exact) mass is 564 g/mol. The average Bonchev–Trinajstić information content (AvgIpc) is 2.63. The summed E-state index contributed by atoms with van der Waals surface area (Å²) in [5, 5.41) is 6.54. The molecule has 27 heavy (non-hydrogen) atoms. The first-order valence-electron chi connectivity index (χ1n) is 8.20. The molecule has 0 spiro atoms. The van der Waals surface area contributed by atoms with Gasteiger partial charge in [0.05, 0.1) is 10.6 Å². The fourth-order valence-electron chi connectivity index (χ4n) is 2.41. The van der Waals surface area contributed by atoms with Crippen LogP contribution in [0.1, 0.15) is 15.9 Å². The number of guanidine groups is 1. The van der Waals surface area contributed by atoms with Crippen molar-refractivity contribution in [3.05, 3.63) is 69.2 Å². The van der Waals surface area contributed by atoms with Crippen LogP contribution in [0.2, 0.25) is 5.02 Å². The van der Waals surface area contributed by atoms with E-state index in [9.17, 15) is 4.79 Å². The van der Waals surface area contributed by atoms with Gasteiger partial charge < -0.3 is 15.5 Å². The van der Waals surface area contributed by atoms with E-state index in [-0.39, 0.29) is 29.9 Å². The summed E-state index contributed by atoms with van der Waals surface area (Å²) in [5.74, 6) is 0.579. The molecule has 8 heteroatoms. The van der Waals surface area contributed by atoms with Crippen LogP contribution >= 0.6 is 51.5 Å². The van der Waals surface area contributed by atoms with E-state index in [1.165, 1.54) is 5.56 Å². The predicted octanol–water partition coefficient (Wildman–Crippen LogP) is 4.16. The van der Waals surface area contributed by atoms with Crippen molar-refractivity contribution in [2.24, 2.45) is 4.99 Å². The van der Waals surface area contributed by atoms with Gasteiger partial charge in [-0.05, 0) is 29.8 Å². The Morgan fingerprint density at radius 1 is 1.11 bits per heavy atom. The molecule has 0 aliphatic rings. The fourth-order valence-corrected chi connectivity index (χ4v) is 2.90. The normalized spacial score (nSPS) is 10.7. The maximum Gasteiger partial charge on any atom is 0.252 e. The number of halogens is 3. The molecule has 2 N–H and O–H groups in total. The molecule has 0 heterocycles. The molecule has 2 rings (SSSR count). The van der Waals surface area contributed by atoms with Crippen molar-refractivity contribution in [3.63, 3.8) is 0 Å². The summed E-state index contributed by atoms with van der Waals surface area (Å²) in [6.45, 7) is 1.77. The zero-order chi connectivity index (χ0) is 18.9. The molecule has 0 atom stereocenters. The molecule has 5 nitrogen and oxygen atoms in total. The first kappa shape index (κ1) is 23.7. The maximum absolute atomic E-state index is 12.1. The largest absolute Gasteiger partial charge is 0.354 e. The first-order chi connectivity index (χ1) is 12.5. The number of rotatable bonds is 6. The molecule has 0 unspecified atom stereocenters. The number of aliphatic imine (C=N–C) groups is 1. The van der Waals surface area contributed by atoms with Gasteiger partial charge in [0.25, 0.3) is 5.91 Å². The third-order valence-electron chi connectivity index (χ3n) is 3.72. The molecule has 0 aliphatic carbocycles. The topological polar surface area (TPSA) is 56.7 Å². The van der Waals surface area contributed by atoms with Gasteiger partial charge in [-0.15, -0.1) is 24.0 Å². The van der Waals surface area contributed by atoms with E-state index >= 15 is 0 Å². The van der Waals surface area contributed by atoms with Crippen LogP contribution in [0, 0.1) is 0 Å². The highest BCUT2D eigenvalue weighted by Gasteiger charge is 2.09. The van der Waals surface area contributed by atoms with Crippen LogP contribution < -0.4 is 10.6 Å². The maximum atomic E-state index is 12.1. The Morgan fingerprint density at radius 2 is 1.74 bits per heavy atom. The summed E-state index contributed by atoms with van der Waals surface area (Å²) in [6.07, 6.45) is 0. The van der Waals surface area contributed by atoms with Crippen molar-refractivity contribution in [2.75, 3.05) is 27.2 Å². The van der Waals surface area contributed by atoms with E-state index in [2.05, 4.69) is 43.7 Å². The molecular formula is C19H23BrClIN4O. The minimum atomic E-state index is -0.185. The van der Waals surface area contributed by atoms with Gasteiger partial charge in [0, 0.05) is 38.2 Å². The molecule has 2 aromatic rings.